The van der Waals surface area contributed by atoms with Gasteiger partial charge in [-0.15, -0.1) is 11.3 Å². The Morgan fingerprint density at radius 1 is 1.43 bits per heavy atom. The lowest BCUT2D eigenvalue weighted by molar-refractivity contribution is 0.175. The maximum Gasteiger partial charge on any atom is 0.225 e. The molecule has 0 aliphatic heterocycles. The number of anilines is 1. The standard InChI is InChI=1S/C15H20ClN3OS/c1-3-10-8-11-12(18-14(16)19-13(11)21-10)17-9-15(4-5-15)6-7-20-2/h8H,3-7,9H2,1-2H3,(H,17,18,19). The van der Waals surface area contributed by atoms with Crippen LogP contribution in [0.5, 0.6) is 0 Å². The van der Waals surface area contributed by atoms with E-state index < -0.39 is 0 Å². The zero-order valence-electron chi connectivity index (χ0n) is 12.4. The topological polar surface area (TPSA) is 47.0 Å². The van der Waals surface area contributed by atoms with E-state index in [-0.39, 0.29) is 0 Å². The van der Waals surface area contributed by atoms with Gasteiger partial charge >= 0.3 is 0 Å². The van der Waals surface area contributed by atoms with Gasteiger partial charge in [0.2, 0.25) is 5.28 Å². The second-order valence-electron chi connectivity index (χ2n) is 5.72. The van der Waals surface area contributed by atoms with Crippen molar-refractivity contribution in [1.82, 2.24) is 9.97 Å². The first-order valence-corrected chi connectivity index (χ1v) is 8.54. The molecule has 0 spiro atoms. The largest absolute Gasteiger partial charge is 0.385 e. The minimum Gasteiger partial charge on any atom is -0.385 e. The Kier molecular flexibility index (Phi) is 4.33. The number of halogens is 1. The molecule has 0 unspecified atom stereocenters. The van der Waals surface area contributed by atoms with Gasteiger partial charge in [-0.2, -0.15) is 0 Å². The number of aryl methyl sites for hydroxylation is 1. The highest BCUT2D eigenvalue weighted by atomic mass is 35.5. The lowest BCUT2D eigenvalue weighted by Gasteiger charge is -2.16. The van der Waals surface area contributed by atoms with Crippen LogP contribution in [-0.2, 0) is 11.2 Å². The van der Waals surface area contributed by atoms with Crippen LogP contribution in [0.4, 0.5) is 5.82 Å². The molecule has 1 fully saturated rings. The summed E-state index contributed by atoms with van der Waals surface area (Å²) in [7, 11) is 1.76. The van der Waals surface area contributed by atoms with Crippen molar-refractivity contribution in [3.8, 4) is 0 Å². The molecule has 2 heterocycles. The highest BCUT2D eigenvalue weighted by Crippen LogP contribution is 2.48. The Labute approximate surface area is 133 Å². The van der Waals surface area contributed by atoms with Crippen LogP contribution in [0.25, 0.3) is 10.2 Å². The zero-order valence-corrected chi connectivity index (χ0v) is 14.0. The normalized spacial score (nSPS) is 16.3. The molecule has 6 heteroatoms. The summed E-state index contributed by atoms with van der Waals surface area (Å²) < 4.78 is 5.20. The number of aromatic nitrogens is 2. The Bertz CT molecular complexity index is 639. The van der Waals surface area contributed by atoms with Gasteiger partial charge < -0.3 is 10.1 Å². The van der Waals surface area contributed by atoms with Gasteiger partial charge in [-0.25, -0.2) is 9.97 Å². The molecule has 0 bridgehead atoms. The van der Waals surface area contributed by atoms with Crippen molar-refractivity contribution >= 4 is 39.0 Å². The third kappa shape index (κ3) is 3.30. The Hall–Kier alpha value is -0.910. The van der Waals surface area contributed by atoms with E-state index in [0.29, 0.717) is 10.7 Å². The molecular weight excluding hydrogens is 306 g/mol. The van der Waals surface area contributed by atoms with E-state index in [9.17, 15) is 0 Å². The zero-order chi connectivity index (χ0) is 14.9. The number of hydrogen-bond acceptors (Lipinski definition) is 5. The van der Waals surface area contributed by atoms with Gasteiger partial charge in [0, 0.05) is 25.1 Å². The van der Waals surface area contributed by atoms with E-state index in [1.165, 1.54) is 17.7 Å². The molecule has 21 heavy (non-hydrogen) atoms. The van der Waals surface area contributed by atoms with Crippen LogP contribution in [0.2, 0.25) is 5.28 Å². The third-order valence-corrected chi connectivity index (χ3v) is 5.53. The maximum atomic E-state index is 6.05. The molecule has 0 amide bonds. The molecular formula is C15H20ClN3OS. The number of nitrogens with one attached hydrogen (secondary N) is 1. The minimum absolute atomic E-state index is 0.316. The smallest absolute Gasteiger partial charge is 0.225 e. The summed E-state index contributed by atoms with van der Waals surface area (Å²) >= 11 is 7.74. The van der Waals surface area contributed by atoms with Crippen molar-refractivity contribution in [2.45, 2.75) is 32.6 Å². The number of ether oxygens (including phenoxy) is 1. The van der Waals surface area contributed by atoms with Crippen molar-refractivity contribution in [2.24, 2.45) is 5.41 Å². The number of methoxy groups -OCH3 is 1. The van der Waals surface area contributed by atoms with Crippen molar-refractivity contribution in [3.63, 3.8) is 0 Å². The molecule has 1 saturated carbocycles. The van der Waals surface area contributed by atoms with E-state index in [4.69, 9.17) is 16.3 Å². The molecule has 0 atom stereocenters. The number of fused-ring (bicyclic) bond motifs is 1. The lowest BCUT2D eigenvalue weighted by Crippen LogP contribution is -2.18. The fraction of sp³-hybridized carbons (Fsp3) is 0.600. The van der Waals surface area contributed by atoms with E-state index in [1.807, 2.05) is 0 Å². The monoisotopic (exact) mass is 325 g/mol. The van der Waals surface area contributed by atoms with Gasteiger partial charge in [-0.1, -0.05) is 6.92 Å². The van der Waals surface area contributed by atoms with Crippen LogP contribution < -0.4 is 5.32 Å². The van der Waals surface area contributed by atoms with Crippen LogP contribution in [0.3, 0.4) is 0 Å². The number of nitrogens with zero attached hydrogens (tertiary/aromatic N) is 2. The van der Waals surface area contributed by atoms with Crippen molar-refractivity contribution in [2.75, 3.05) is 25.6 Å². The van der Waals surface area contributed by atoms with Crippen molar-refractivity contribution < 1.29 is 4.74 Å². The number of rotatable bonds is 7. The van der Waals surface area contributed by atoms with Gasteiger partial charge in [0.15, 0.2) is 0 Å². The molecule has 1 N–H and O–H groups in total. The molecule has 0 radical (unpaired) electrons. The summed E-state index contributed by atoms with van der Waals surface area (Å²) in [4.78, 5) is 11.0. The summed E-state index contributed by atoms with van der Waals surface area (Å²) in [6.07, 6.45) is 4.63. The van der Waals surface area contributed by atoms with Crippen molar-refractivity contribution in [1.29, 1.82) is 0 Å². The van der Waals surface area contributed by atoms with Crippen molar-refractivity contribution in [3.05, 3.63) is 16.2 Å². The maximum absolute atomic E-state index is 6.05. The van der Waals surface area contributed by atoms with Gasteiger partial charge in [-0.3, -0.25) is 0 Å². The summed E-state index contributed by atoms with van der Waals surface area (Å²) in [5.41, 5.74) is 0.378. The van der Waals surface area contributed by atoms with Crippen LogP contribution >= 0.6 is 22.9 Å². The summed E-state index contributed by atoms with van der Waals surface area (Å²) in [6, 6.07) is 2.17. The molecule has 114 valence electrons. The van der Waals surface area contributed by atoms with Crippen LogP contribution in [0.15, 0.2) is 6.07 Å². The molecule has 1 aliphatic rings. The Morgan fingerprint density at radius 2 is 2.24 bits per heavy atom. The minimum atomic E-state index is 0.316. The van der Waals surface area contributed by atoms with Gasteiger partial charge in [0.25, 0.3) is 0 Å². The predicted octanol–water partition coefficient (Wildman–Crippen LogP) is 4.14. The molecule has 0 aromatic carbocycles. The second-order valence-corrected chi connectivity index (χ2v) is 7.18. The third-order valence-electron chi connectivity index (χ3n) is 4.19. The Balaban J connectivity index is 1.78. The Morgan fingerprint density at radius 3 is 2.90 bits per heavy atom. The van der Waals surface area contributed by atoms with Crippen LogP contribution in [0.1, 0.15) is 31.1 Å². The molecule has 0 saturated heterocycles. The van der Waals surface area contributed by atoms with Gasteiger partial charge in [-0.05, 0) is 48.8 Å². The molecule has 2 aromatic rings. The summed E-state index contributed by atoms with van der Waals surface area (Å²) in [5.74, 6) is 0.865. The van der Waals surface area contributed by atoms with E-state index in [2.05, 4.69) is 28.3 Å². The summed E-state index contributed by atoms with van der Waals surface area (Å²) in [6.45, 7) is 3.90. The summed E-state index contributed by atoms with van der Waals surface area (Å²) in [5, 5.41) is 4.90. The SMILES string of the molecule is CCc1cc2c(NCC3(CCOC)CC3)nc(Cl)nc2s1. The molecule has 2 aromatic heterocycles. The van der Waals surface area contributed by atoms with Gasteiger partial charge in [0.05, 0.1) is 5.39 Å². The van der Waals surface area contributed by atoms with E-state index in [1.54, 1.807) is 18.4 Å². The lowest BCUT2D eigenvalue weighted by atomic mass is 10.0. The molecule has 4 nitrogen and oxygen atoms in total. The van der Waals surface area contributed by atoms with Crippen LogP contribution in [0, 0.1) is 5.41 Å². The first kappa shape index (κ1) is 15.0. The first-order chi connectivity index (χ1) is 10.2. The average Bonchev–Trinajstić information content (AvgIpc) is 3.13. The predicted molar refractivity (Wildman–Crippen MR) is 88.5 cm³/mol. The van der Waals surface area contributed by atoms with Crippen LogP contribution in [-0.4, -0.2) is 30.2 Å². The highest BCUT2D eigenvalue weighted by Gasteiger charge is 2.41. The first-order valence-electron chi connectivity index (χ1n) is 7.34. The fourth-order valence-electron chi connectivity index (χ4n) is 2.54. The van der Waals surface area contributed by atoms with E-state index >= 15 is 0 Å². The van der Waals surface area contributed by atoms with E-state index in [0.717, 1.165) is 42.0 Å². The average molecular weight is 326 g/mol. The molecule has 3 rings (SSSR count). The highest BCUT2D eigenvalue weighted by molar-refractivity contribution is 7.18. The quantitative estimate of drug-likeness (QED) is 0.777. The fourth-order valence-corrected chi connectivity index (χ4v) is 3.72. The number of hydrogen-bond donors (Lipinski definition) is 1. The van der Waals surface area contributed by atoms with Gasteiger partial charge in [0.1, 0.15) is 10.6 Å². The number of thiophene rings is 1. The second kappa shape index (κ2) is 6.07. The molecule has 1 aliphatic carbocycles.